The molecular weight excluding hydrogens is 1790 g/mol. The van der Waals surface area contributed by atoms with Crippen molar-refractivity contribution in [1.82, 2.24) is 27.4 Å². The maximum absolute atomic E-state index is 6.72. The zero-order chi connectivity index (χ0) is 96.2. The Morgan fingerprint density at radius 1 is 0.129 bits per heavy atom. The Kier molecular flexibility index (Phi) is 18.1. The fourth-order valence-electron chi connectivity index (χ4n) is 24.5. The summed E-state index contributed by atoms with van der Waals surface area (Å²) in [5.41, 5.74) is 33.5. The Morgan fingerprint density at radius 3 is 0.782 bits per heavy atom. The van der Waals surface area contributed by atoms with Gasteiger partial charge in [0.15, 0.2) is 0 Å². The zero-order valence-corrected chi connectivity index (χ0v) is 79.4. The molecule has 33 aromatic rings. The van der Waals surface area contributed by atoms with Crippen molar-refractivity contribution in [2.75, 3.05) is 0 Å². The van der Waals surface area contributed by atoms with Gasteiger partial charge >= 0.3 is 0 Å². The molecule has 9 aromatic heterocycles. The van der Waals surface area contributed by atoms with Crippen molar-refractivity contribution in [3.05, 3.63) is 510 Å². The van der Waals surface area contributed by atoms with Gasteiger partial charge in [-0.3, -0.25) is 0 Å². The van der Waals surface area contributed by atoms with Crippen molar-refractivity contribution >= 4 is 229 Å². The molecule has 24 aromatic carbocycles. The highest BCUT2D eigenvalue weighted by molar-refractivity contribution is 6.35. The van der Waals surface area contributed by atoms with Crippen LogP contribution in [0.25, 0.3) is 296 Å². The largest absolute Gasteiger partial charge is 0.455 e. The van der Waals surface area contributed by atoms with Crippen molar-refractivity contribution in [1.29, 1.82) is 0 Å². The van der Waals surface area contributed by atoms with E-state index < -0.39 is 0 Å². The Balaban J connectivity index is 0.0000000999. The van der Waals surface area contributed by atoms with Gasteiger partial charge in [-0.1, -0.05) is 334 Å². The molecule has 0 radical (unpaired) electrons. The second-order valence-electron chi connectivity index (χ2n) is 38.7. The summed E-state index contributed by atoms with van der Waals surface area (Å²) in [5, 5.41) is 28.5. The fraction of sp³-hybridized carbons (Fsp3) is 0. The van der Waals surface area contributed by atoms with Crippen LogP contribution in [0.1, 0.15) is 0 Å². The summed E-state index contributed by atoms with van der Waals surface area (Å²) in [6.07, 6.45) is 0. The lowest BCUT2D eigenvalue weighted by Crippen LogP contribution is -1.96. The Labute approximate surface area is 840 Å². The van der Waals surface area contributed by atoms with Crippen LogP contribution in [0.2, 0.25) is 0 Å². The Morgan fingerprint density at radius 2 is 0.395 bits per heavy atom. The van der Waals surface area contributed by atoms with Crippen molar-refractivity contribution in [3.63, 3.8) is 0 Å². The predicted octanol–water partition coefficient (Wildman–Crippen LogP) is 37.8. The summed E-state index contributed by atoms with van der Waals surface area (Å²) in [5.74, 6) is 0. The van der Waals surface area contributed by atoms with Crippen LogP contribution >= 0.6 is 0 Å². The minimum Gasteiger partial charge on any atom is -0.455 e. The molecule has 33 rings (SSSR count). The topological polar surface area (TPSA) is 69.0 Å². The monoisotopic (exact) mass is 1870 g/mol. The third-order valence-corrected chi connectivity index (χ3v) is 30.8. The molecule has 0 saturated heterocycles. The molecule has 0 bridgehead atoms. The average Bonchev–Trinajstić information content (AvgIpc) is 1.54. The molecule has 0 aliphatic heterocycles. The minimum atomic E-state index is 0.908. The highest BCUT2D eigenvalue weighted by atomic mass is 16.3. The van der Waals surface area contributed by atoms with E-state index in [-0.39, 0.29) is 0 Å². The van der Waals surface area contributed by atoms with E-state index >= 15 is 0 Å². The van der Waals surface area contributed by atoms with Gasteiger partial charge in [-0.15, -0.1) is 0 Å². The number of fused-ring (bicyclic) bond motifs is 36. The SMILES string of the molecule is c1ccc(-c2cccc(-n3c4ccc5c6ccccc6oc5c4c4ccc5c(c6ccccc6n5-c5ccc6ccccc6c5)c43)c2)cc1.c1ccc(-c2cccc(-n3c4ccccc4c4c3ccc3c5c6oc7ccccc7c6ccc5n(-c5ccc6ccccc6c5)c34)c2)cc1.c1ccc(-c2cccc(-n3c4ccccc4c4c3ccc3c5c6oc7ccccc7c6ccc5n(-c5cccc6ccccc56)c34)c2)cc1. The molecule has 0 atom stereocenters. The van der Waals surface area contributed by atoms with E-state index in [0.717, 1.165) is 133 Å². The predicted molar refractivity (Wildman–Crippen MR) is 616 cm³/mol. The first-order chi connectivity index (χ1) is 73.0. The molecule has 0 fully saturated rings. The van der Waals surface area contributed by atoms with Crippen LogP contribution in [0.5, 0.6) is 0 Å². The zero-order valence-electron chi connectivity index (χ0n) is 79.4. The molecule has 9 heterocycles. The molecule has 147 heavy (non-hydrogen) atoms. The van der Waals surface area contributed by atoms with Gasteiger partial charge in [-0.2, -0.15) is 0 Å². The summed E-state index contributed by atoms with van der Waals surface area (Å²) >= 11 is 0. The van der Waals surface area contributed by atoms with Gasteiger partial charge in [0, 0.05) is 115 Å². The smallest absolute Gasteiger partial charge is 0.145 e. The molecule has 684 valence electrons. The molecule has 0 aliphatic rings. The van der Waals surface area contributed by atoms with Crippen LogP contribution in [0.4, 0.5) is 0 Å². The van der Waals surface area contributed by atoms with Crippen molar-refractivity contribution in [2.24, 2.45) is 0 Å². The van der Waals surface area contributed by atoms with E-state index in [1.165, 1.54) is 164 Å². The minimum absolute atomic E-state index is 0.908. The number of nitrogens with zero attached hydrogens (tertiary/aromatic N) is 6. The van der Waals surface area contributed by atoms with Gasteiger partial charge in [0.1, 0.15) is 33.5 Å². The summed E-state index contributed by atoms with van der Waals surface area (Å²) in [4.78, 5) is 0. The molecule has 0 amide bonds. The summed E-state index contributed by atoms with van der Waals surface area (Å²) in [6, 6.07) is 184. The van der Waals surface area contributed by atoms with Gasteiger partial charge in [0.25, 0.3) is 0 Å². The Bertz CT molecular complexity index is 11300. The van der Waals surface area contributed by atoms with E-state index in [1.807, 2.05) is 18.2 Å². The lowest BCUT2D eigenvalue weighted by atomic mass is 10.0. The number of hydrogen-bond acceptors (Lipinski definition) is 3. The molecule has 0 spiro atoms. The number of rotatable bonds is 9. The van der Waals surface area contributed by atoms with Crippen LogP contribution in [-0.4, -0.2) is 27.4 Å². The first kappa shape index (κ1) is 82.0. The summed E-state index contributed by atoms with van der Waals surface area (Å²) in [7, 11) is 0. The summed E-state index contributed by atoms with van der Waals surface area (Å²) in [6.45, 7) is 0. The van der Waals surface area contributed by atoms with E-state index in [2.05, 4.69) is 519 Å². The summed E-state index contributed by atoms with van der Waals surface area (Å²) < 4.78 is 34.8. The number of aromatic nitrogens is 6. The second kappa shape index (κ2) is 32.4. The molecule has 0 aliphatic carbocycles. The number of hydrogen-bond donors (Lipinski definition) is 0. The van der Waals surface area contributed by atoms with E-state index in [1.54, 1.807) is 0 Å². The van der Waals surface area contributed by atoms with Crippen LogP contribution in [-0.2, 0) is 0 Å². The lowest BCUT2D eigenvalue weighted by Gasteiger charge is -2.13. The molecule has 0 saturated carbocycles. The molecular formula is C138H84N6O3. The maximum Gasteiger partial charge on any atom is 0.145 e. The quantitative estimate of drug-likeness (QED) is 0.145. The standard InChI is InChI=1S/3C46H28N2O/c1-2-12-29(13-3-1)31-16-10-17-32(28-31)47-39-21-8-6-20-36(39)43-40(47)27-25-37-44-41(26-24-35-34-19-7-9-23-42(34)49-46(35)44)48(45(37)43)38-22-11-15-30-14-4-5-18-33(30)38;1-2-11-29(12-3-1)32-15-10-16-33(27-32)48-41-25-23-36-35-17-7-9-20-42(35)49-46(36)44(41)38-24-26-40-43(45(38)48)37-18-6-8-19-39(37)47(40)34-22-21-30-13-4-5-14-31(30)28-34;1-2-11-29(12-3-1)32-15-10-16-33(27-32)47-39-19-8-6-18-37(39)43-40(47)26-24-38-44-41(25-23-36-35-17-7-9-20-42(35)49-46(36)44)48(45(38)43)34-22-21-30-13-4-5-14-31(30)28-34/h3*1-28H. The molecule has 9 heteroatoms. The highest BCUT2D eigenvalue weighted by Crippen LogP contribution is 2.52. The third-order valence-electron chi connectivity index (χ3n) is 30.8. The van der Waals surface area contributed by atoms with Crippen LogP contribution in [0.15, 0.2) is 523 Å². The van der Waals surface area contributed by atoms with Crippen molar-refractivity contribution < 1.29 is 13.3 Å². The number of para-hydroxylation sites is 6. The van der Waals surface area contributed by atoms with Crippen LogP contribution < -0.4 is 0 Å². The molecule has 0 N–H and O–H groups in total. The van der Waals surface area contributed by atoms with E-state index in [9.17, 15) is 0 Å². The van der Waals surface area contributed by atoms with Crippen molar-refractivity contribution in [3.8, 4) is 67.5 Å². The number of furan rings is 3. The Hall–Kier alpha value is -19.7. The first-order valence-corrected chi connectivity index (χ1v) is 50.3. The van der Waals surface area contributed by atoms with Gasteiger partial charge in [-0.05, 0) is 236 Å². The van der Waals surface area contributed by atoms with Crippen LogP contribution in [0, 0.1) is 0 Å². The first-order valence-electron chi connectivity index (χ1n) is 50.3. The molecule has 9 nitrogen and oxygen atoms in total. The highest BCUT2D eigenvalue weighted by Gasteiger charge is 2.30. The van der Waals surface area contributed by atoms with Gasteiger partial charge < -0.3 is 40.7 Å². The van der Waals surface area contributed by atoms with Gasteiger partial charge in [-0.25, -0.2) is 0 Å². The molecule has 0 unspecified atom stereocenters. The lowest BCUT2D eigenvalue weighted by molar-refractivity contribution is 0.672. The third kappa shape index (κ3) is 12.5. The van der Waals surface area contributed by atoms with Crippen molar-refractivity contribution in [2.45, 2.75) is 0 Å². The second-order valence-corrected chi connectivity index (χ2v) is 38.7. The van der Waals surface area contributed by atoms with E-state index in [4.69, 9.17) is 13.3 Å². The van der Waals surface area contributed by atoms with Crippen LogP contribution in [0.3, 0.4) is 0 Å². The van der Waals surface area contributed by atoms with E-state index in [0.29, 0.717) is 0 Å². The normalized spacial score (nSPS) is 12.1. The number of benzene rings is 24. The van der Waals surface area contributed by atoms with Gasteiger partial charge in [0.2, 0.25) is 0 Å². The fourth-order valence-corrected chi connectivity index (χ4v) is 24.5. The maximum atomic E-state index is 6.72. The average molecular weight is 1870 g/mol. The van der Waals surface area contributed by atoms with Gasteiger partial charge in [0.05, 0.1) is 88.0 Å².